The van der Waals surface area contributed by atoms with Gasteiger partial charge >= 0.3 is 0 Å². The molecule has 7 rings (SSSR count). The molecule has 3 aromatic carbocycles. The monoisotopic (exact) mass is 477 g/mol. The molecule has 0 unspecified atom stereocenters. The summed E-state index contributed by atoms with van der Waals surface area (Å²) in [7, 11) is 0. The summed E-state index contributed by atoms with van der Waals surface area (Å²) in [5.74, 6) is -0.856. The molecule has 3 aliphatic carbocycles. The Morgan fingerprint density at radius 2 is 1.11 bits per heavy atom. The number of benzene rings is 3. The highest BCUT2D eigenvalue weighted by Crippen LogP contribution is 2.61. The third-order valence-electron chi connectivity index (χ3n) is 6.51. The van der Waals surface area contributed by atoms with E-state index < -0.39 is 0 Å². The maximum absolute atomic E-state index is 13.6. The van der Waals surface area contributed by atoms with Crippen LogP contribution in [0.1, 0.15) is 34.1 Å². The average molecular weight is 477 g/mol. The zero-order valence-corrected chi connectivity index (χ0v) is 17.0. The number of anilines is 1. The predicted octanol–water partition coefficient (Wildman–Crippen LogP) is 4.69. The summed E-state index contributed by atoms with van der Waals surface area (Å²) < 4.78 is 1.01. The Hall–Kier alpha value is -2.47. The lowest BCUT2D eigenvalue weighted by Gasteiger charge is -2.45. The first-order valence-electron chi connectivity index (χ1n) is 9.48. The van der Waals surface area contributed by atoms with Gasteiger partial charge in [0, 0.05) is 15.4 Å². The predicted molar refractivity (Wildman–Crippen MR) is 115 cm³/mol. The Balaban J connectivity index is 1.58. The van der Waals surface area contributed by atoms with Gasteiger partial charge in [0.2, 0.25) is 11.8 Å². The van der Waals surface area contributed by atoms with Crippen molar-refractivity contribution in [2.75, 3.05) is 4.90 Å². The van der Waals surface area contributed by atoms with E-state index in [-0.39, 0.29) is 35.5 Å². The van der Waals surface area contributed by atoms with Crippen molar-refractivity contribution in [3.05, 3.63) is 98.6 Å². The number of nitrogens with zero attached hydrogens (tertiary/aromatic N) is 1. The molecule has 136 valence electrons. The number of halogens is 1. The van der Waals surface area contributed by atoms with Crippen LogP contribution in [0.15, 0.2) is 72.8 Å². The summed E-state index contributed by atoms with van der Waals surface area (Å²) in [6.07, 6.45) is 0. The van der Waals surface area contributed by atoms with Crippen LogP contribution in [0.2, 0.25) is 0 Å². The van der Waals surface area contributed by atoms with Gasteiger partial charge in [-0.3, -0.25) is 9.59 Å². The van der Waals surface area contributed by atoms with Gasteiger partial charge in [-0.15, -0.1) is 0 Å². The minimum Gasteiger partial charge on any atom is -0.274 e. The van der Waals surface area contributed by atoms with E-state index in [1.807, 2.05) is 48.5 Å². The average Bonchev–Trinajstić information content (AvgIpc) is 2.99. The Bertz CT molecular complexity index is 1060. The van der Waals surface area contributed by atoms with Gasteiger partial charge in [0.05, 0.1) is 17.5 Å². The van der Waals surface area contributed by atoms with Crippen LogP contribution in [0.25, 0.3) is 0 Å². The third kappa shape index (κ3) is 1.99. The van der Waals surface area contributed by atoms with E-state index in [0.29, 0.717) is 5.69 Å². The lowest BCUT2D eigenvalue weighted by molar-refractivity contribution is -0.122. The summed E-state index contributed by atoms with van der Waals surface area (Å²) in [5.41, 5.74) is 5.51. The molecular formula is C24H16INO2. The zero-order chi connectivity index (χ0) is 19.0. The van der Waals surface area contributed by atoms with Crippen molar-refractivity contribution in [3.63, 3.8) is 0 Å². The number of hydrogen-bond acceptors (Lipinski definition) is 2. The number of carbonyl (C=O) groups excluding carboxylic acids is 2. The van der Waals surface area contributed by atoms with Crippen LogP contribution in [0.3, 0.4) is 0 Å². The SMILES string of the molecule is O=C1[C@@H]2C3c4ccccc4C(c4ccccc43)[C@H]2C(=O)N1c1cccc(I)c1. The molecule has 0 N–H and O–H groups in total. The fourth-order valence-corrected chi connectivity index (χ4v) is 6.07. The van der Waals surface area contributed by atoms with E-state index in [4.69, 9.17) is 0 Å². The highest BCUT2D eigenvalue weighted by Gasteiger charge is 2.61. The molecule has 28 heavy (non-hydrogen) atoms. The van der Waals surface area contributed by atoms with Crippen molar-refractivity contribution >= 4 is 40.1 Å². The van der Waals surface area contributed by atoms with Crippen LogP contribution in [0, 0.1) is 15.4 Å². The standard InChI is InChI=1S/C24H16INO2/c25-13-6-5-7-14(12-13)26-23(27)21-19-15-8-1-2-9-16(15)20(22(21)24(26)28)18-11-4-3-10-17(18)19/h1-12,19-22H/t19?,20?,21-,22-/m1/s1. The normalized spacial score (nSPS) is 26.8. The molecule has 1 saturated heterocycles. The van der Waals surface area contributed by atoms with Gasteiger partial charge in [-0.05, 0) is 63.0 Å². The lowest BCUT2D eigenvalue weighted by Crippen LogP contribution is -2.41. The smallest absolute Gasteiger partial charge is 0.238 e. The summed E-state index contributed by atoms with van der Waals surface area (Å²) in [6.45, 7) is 0. The highest BCUT2D eigenvalue weighted by molar-refractivity contribution is 14.1. The van der Waals surface area contributed by atoms with E-state index in [1.54, 1.807) is 0 Å². The molecule has 0 saturated carbocycles. The Morgan fingerprint density at radius 3 is 1.54 bits per heavy atom. The maximum Gasteiger partial charge on any atom is 0.238 e. The molecule has 0 radical (unpaired) electrons. The summed E-state index contributed by atoms with van der Waals surface area (Å²) in [5, 5.41) is 0. The fraction of sp³-hybridized carbons (Fsp3) is 0.167. The summed E-state index contributed by atoms with van der Waals surface area (Å²) >= 11 is 2.22. The third-order valence-corrected chi connectivity index (χ3v) is 7.19. The van der Waals surface area contributed by atoms with Crippen LogP contribution in [0.5, 0.6) is 0 Å². The Labute approximate surface area is 176 Å². The Kier molecular flexibility index (Phi) is 3.39. The molecule has 0 aromatic heterocycles. The van der Waals surface area contributed by atoms with Crippen molar-refractivity contribution in [1.29, 1.82) is 0 Å². The number of imide groups is 1. The van der Waals surface area contributed by atoms with E-state index in [9.17, 15) is 9.59 Å². The van der Waals surface area contributed by atoms with E-state index in [1.165, 1.54) is 27.2 Å². The molecule has 4 heteroatoms. The molecule has 3 nitrogen and oxygen atoms in total. The van der Waals surface area contributed by atoms with Crippen LogP contribution in [0.4, 0.5) is 5.69 Å². The summed E-state index contributed by atoms with van der Waals surface area (Å²) in [6, 6.07) is 24.3. The molecule has 2 atom stereocenters. The molecule has 1 aliphatic heterocycles. The molecule has 0 spiro atoms. The van der Waals surface area contributed by atoms with E-state index in [2.05, 4.69) is 46.9 Å². The Morgan fingerprint density at radius 1 is 0.643 bits per heavy atom. The lowest BCUT2D eigenvalue weighted by atomic mass is 9.55. The molecule has 3 aromatic rings. The number of hydrogen-bond donors (Lipinski definition) is 0. The number of amides is 2. The minimum absolute atomic E-state index is 0.0494. The second-order valence-electron chi connectivity index (χ2n) is 7.76. The van der Waals surface area contributed by atoms with Crippen LogP contribution in [-0.2, 0) is 9.59 Å². The van der Waals surface area contributed by atoms with Gasteiger partial charge in [-0.1, -0.05) is 54.6 Å². The van der Waals surface area contributed by atoms with E-state index >= 15 is 0 Å². The molecule has 1 fully saturated rings. The van der Waals surface area contributed by atoms with Crippen molar-refractivity contribution in [3.8, 4) is 0 Å². The second-order valence-corrected chi connectivity index (χ2v) is 9.00. The summed E-state index contributed by atoms with van der Waals surface area (Å²) in [4.78, 5) is 28.6. The molecule has 4 aliphatic rings. The first kappa shape index (κ1) is 16.5. The number of rotatable bonds is 1. The van der Waals surface area contributed by atoms with Crippen molar-refractivity contribution < 1.29 is 9.59 Å². The first-order valence-corrected chi connectivity index (χ1v) is 10.6. The molecule has 1 heterocycles. The van der Waals surface area contributed by atoms with E-state index in [0.717, 1.165) is 3.57 Å². The largest absolute Gasteiger partial charge is 0.274 e. The van der Waals surface area contributed by atoms with Crippen LogP contribution in [-0.4, -0.2) is 11.8 Å². The van der Waals surface area contributed by atoms with Gasteiger partial charge in [0.15, 0.2) is 0 Å². The maximum atomic E-state index is 13.6. The molecular weight excluding hydrogens is 461 g/mol. The molecule has 2 amide bonds. The quantitative estimate of drug-likeness (QED) is 0.377. The fourth-order valence-electron chi connectivity index (χ4n) is 5.55. The first-order chi connectivity index (χ1) is 13.7. The van der Waals surface area contributed by atoms with Gasteiger partial charge in [-0.25, -0.2) is 4.90 Å². The number of carbonyl (C=O) groups is 2. The van der Waals surface area contributed by atoms with Crippen LogP contribution >= 0.6 is 22.6 Å². The van der Waals surface area contributed by atoms with Crippen molar-refractivity contribution in [1.82, 2.24) is 0 Å². The zero-order valence-electron chi connectivity index (χ0n) is 14.9. The van der Waals surface area contributed by atoms with Gasteiger partial charge in [0.25, 0.3) is 0 Å². The topological polar surface area (TPSA) is 37.4 Å². The van der Waals surface area contributed by atoms with Crippen molar-refractivity contribution in [2.45, 2.75) is 11.8 Å². The van der Waals surface area contributed by atoms with Gasteiger partial charge in [0.1, 0.15) is 0 Å². The second kappa shape index (κ2) is 5.77. The minimum atomic E-state index is -0.319. The van der Waals surface area contributed by atoms with Gasteiger partial charge < -0.3 is 0 Å². The van der Waals surface area contributed by atoms with Crippen LogP contribution < -0.4 is 4.90 Å². The van der Waals surface area contributed by atoms with Gasteiger partial charge in [-0.2, -0.15) is 0 Å². The molecule has 2 bridgehead atoms. The van der Waals surface area contributed by atoms with Crippen molar-refractivity contribution in [2.24, 2.45) is 11.8 Å². The highest BCUT2D eigenvalue weighted by atomic mass is 127.